The van der Waals surface area contributed by atoms with Crippen LogP contribution >= 0.6 is 11.6 Å². The van der Waals surface area contributed by atoms with Gasteiger partial charge < -0.3 is 15.5 Å². The number of benzene rings is 2. The summed E-state index contributed by atoms with van der Waals surface area (Å²) in [6.45, 7) is 2.56. The number of amides is 1. The number of piperidine rings is 1. The molecule has 2 aliphatic heterocycles. The minimum atomic E-state index is -0.0660. The molecular formula is C23H22ClN5O. The van der Waals surface area contributed by atoms with E-state index < -0.39 is 0 Å². The summed E-state index contributed by atoms with van der Waals surface area (Å²) in [6.07, 6.45) is 3.74. The molecule has 1 fully saturated rings. The molecule has 0 radical (unpaired) electrons. The van der Waals surface area contributed by atoms with Gasteiger partial charge in [-0.25, -0.2) is 9.97 Å². The molecule has 7 heteroatoms. The van der Waals surface area contributed by atoms with Crippen LogP contribution in [0.5, 0.6) is 0 Å². The Morgan fingerprint density at radius 1 is 1.07 bits per heavy atom. The van der Waals surface area contributed by atoms with E-state index >= 15 is 0 Å². The Kier molecular flexibility index (Phi) is 5.11. The number of halogens is 1. The molecule has 2 aliphatic rings. The van der Waals surface area contributed by atoms with Gasteiger partial charge in [0.2, 0.25) is 0 Å². The molecule has 0 spiro atoms. The van der Waals surface area contributed by atoms with Crippen LogP contribution in [0, 0.1) is 0 Å². The van der Waals surface area contributed by atoms with E-state index in [1.165, 1.54) is 0 Å². The van der Waals surface area contributed by atoms with Crippen LogP contribution in [0.3, 0.4) is 0 Å². The van der Waals surface area contributed by atoms with Crippen LogP contribution in [0.15, 0.2) is 54.9 Å². The highest BCUT2D eigenvalue weighted by atomic mass is 35.5. The van der Waals surface area contributed by atoms with Crippen LogP contribution in [0.25, 0.3) is 11.3 Å². The first-order chi connectivity index (χ1) is 14.7. The Balaban J connectivity index is 1.40. The van der Waals surface area contributed by atoms with Crippen molar-refractivity contribution in [2.45, 2.75) is 25.4 Å². The first-order valence-corrected chi connectivity index (χ1v) is 10.6. The van der Waals surface area contributed by atoms with Crippen molar-refractivity contribution in [2.75, 3.05) is 23.3 Å². The predicted octanol–water partition coefficient (Wildman–Crippen LogP) is 4.12. The molecule has 1 aromatic heterocycles. The van der Waals surface area contributed by atoms with Gasteiger partial charge in [-0.15, -0.1) is 0 Å². The van der Waals surface area contributed by atoms with Gasteiger partial charge in [-0.1, -0.05) is 35.9 Å². The highest BCUT2D eigenvalue weighted by Gasteiger charge is 2.30. The standard InChI is InChI=1S/C23H22ClN5O/c24-19-6-2-4-16-13-29(23(30)22(16)19)18-5-1-3-15(11-18)20-12-21(27-14-26-20)28-17-7-9-25-10-8-17/h1-6,11-12,14,17,25H,7-10,13H2,(H,26,27,28). The smallest absolute Gasteiger partial charge is 0.260 e. The summed E-state index contributed by atoms with van der Waals surface area (Å²) < 4.78 is 0. The fraction of sp³-hybridized carbons (Fsp3) is 0.261. The van der Waals surface area contributed by atoms with Gasteiger partial charge in [0.15, 0.2) is 0 Å². The molecular weight excluding hydrogens is 398 g/mol. The maximum atomic E-state index is 12.9. The van der Waals surface area contributed by atoms with Crippen LogP contribution in [0.1, 0.15) is 28.8 Å². The highest BCUT2D eigenvalue weighted by Crippen LogP contribution is 2.34. The molecule has 0 atom stereocenters. The Labute approximate surface area is 180 Å². The lowest BCUT2D eigenvalue weighted by atomic mass is 10.1. The van der Waals surface area contributed by atoms with E-state index in [0.717, 1.165) is 54.3 Å². The normalized spacial score (nSPS) is 16.6. The van der Waals surface area contributed by atoms with Crippen LogP contribution in [0.2, 0.25) is 5.02 Å². The van der Waals surface area contributed by atoms with E-state index in [0.29, 0.717) is 23.2 Å². The second-order valence-corrected chi connectivity index (χ2v) is 8.08. The number of hydrogen-bond acceptors (Lipinski definition) is 5. The fourth-order valence-electron chi connectivity index (χ4n) is 4.13. The van der Waals surface area contributed by atoms with Gasteiger partial charge in [-0.3, -0.25) is 4.79 Å². The first kappa shape index (κ1) is 19.0. The van der Waals surface area contributed by atoms with Crippen LogP contribution < -0.4 is 15.5 Å². The van der Waals surface area contributed by atoms with Crippen LogP contribution in [-0.2, 0) is 6.54 Å². The first-order valence-electron chi connectivity index (χ1n) is 10.2. The summed E-state index contributed by atoms with van der Waals surface area (Å²) in [4.78, 5) is 23.5. The zero-order valence-corrected chi connectivity index (χ0v) is 17.2. The van der Waals surface area contributed by atoms with E-state index in [1.807, 2.05) is 42.5 Å². The van der Waals surface area contributed by atoms with E-state index in [9.17, 15) is 4.79 Å². The molecule has 0 unspecified atom stereocenters. The summed E-state index contributed by atoms with van der Waals surface area (Å²) in [6, 6.07) is 15.9. The van der Waals surface area contributed by atoms with E-state index in [-0.39, 0.29) is 5.91 Å². The molecule has 3 aromatic rings. The van der Waals surface area contributed by atoms with Crippen LogP contribution in [-0.4, -0.2) is 35.0 Å². The number of hydrogen-bond donors (Lipinski definition) is 2. The maximum absolute atomic E-state index is 12.9. The zero-order chi connectivity index (χ0) is 20.5. The van der Waals surface area contributed by atoms with Gasteiger partial charge in [-0.05, 0) is 49.7 Å². The quantitative estimate of drug-likeness (QED) is 0.665. The number of anilines is 2. The third-order valence-electron chi connectivity index (χ3n) is 5.70. The number of fused-ring (bicyclic) bond motifs is 1. The largest absolute Gasteiger partial charge is 0.367 e. The summed E-state index contributed by atoms with van der Waals surface area (Å²) in [5, 5.41) is 7.39. The van der Waals surface area contributed by atoms with Gasteiger partial charge in [0.1, 0.15) is 12.1 Å². The zero-order valence-electron chi connectivity index (χ0n) is 16.4. The SMILES string of the molecule is O=C1c2c(Cl)cccc2CN1c1cccc(-c2cc(NC3CCNCC3)ncn2)c1. The predicted molar refractivity (Wildman–Crippen MR) is 119 cm³/mol. The lowest BCUT2D eigenvalue weighted by Crippen LogP contribution is -2.35. The highest BCUT2D eigenvalue weighted by molar-refractivity contribution is 6.35. The molecule has 0 saturated carbocycles. The fourth-order valence-corrected chi connectivity index (χ4v) is 4.40. The van der Waals surface area contributed by atoms with Crippen molar-refractivity contribution in [3.05, 3.63) is 71.0 Å². The molecule has 30 heavy (non-hydrogen) atoms. The number of carbonyl (C=O) groups excluding carboxylic acids is 1. The second-order valence-electron chi connectivity index (χ2n) is 7.67. The molecule has 3 heterocycles. The minimum Gasteiger partial charge on any atom is -0.367 e. The van der Waals surface area contributed by atoms with Crippen molar-refractivity contribution in [1.82, 2.24) is 15.3 Å². The number of carbonyl (C=O) groups is 1. The topological polar surface area (TPSA) is 70.2 Å². The summed E-state index contributed by atoms with van der Waals surface area (Å²) in [7, 11) is 0. The summed E-state index contributed by atoms with van der Waals surface area (Å²) in [5.74, 6) is 0.762. The van der Waals surface area contributed by atoms with E-state index in [4.69, 9.17) is 11.6 Å². The van der Waals surface area contributed by atoms with Crippen molar-refractivity contribution >= 4 is 29.0 Å². The van der Waals surface area contributed by atoms with Crippen molar-refractivity contribution in [3.8, 4) is 11.3 Å². The van der Waals surface area contributed by atoms with E-state index in [2.05, 4.69) is 20.6 Å². The van der Waals surface area contributed by atoms with Gasteiger partial charge >= 0.3 is 0 Å². The molecule has 1 saturated heterocycles. The third kappa shape index (κ3) is 3.64. The number of nitrogens with zero attached hydrogens (tertiary/aromatic N) is 3. The maximum Gasteiger partial charge on any atom is 0.260 e. The van der Waals surface area contributed by atoms with Gasteiger partial charge in [0, 0.05) is 23.4 Å². The van der Waals surface area contributed by atoms with Gasteiger partial charge in [0.25, 0.3) is 5.91 Å². The minimum absolute atomic E-state index is 0.0660. The molecule has 2 N–H and O–H groups in total. The number of nitrogens with one attached hydrogen (secondary N) is 2. The van der Waals surface area contributed by atoms with Gasteiger partial charge in [0.05, 0.1) is 22.8 Å². The van der Waals surface area contributed by atoms with Crippen molar-refractivity contribution in [2.24, 2.45) is 0 Å². The molecule has 0 aliphatic carbocycles. The average molecular weight is 420 g/mol. The lowest BCUT2D eigenvalue weighted by molar-refractivity contribution is 0.0997. The molecule has 5 rings (SSSR count). The summed E-state index contributed by atoms with van der Waals surface area (Å²) in [5.41, 5.74) is 4.15. The molecule has 2 aromatic carbocycles. The van der Waals surface area contributed by atoms with E-state index in [1.54, 1.807) is 17.3 Å². The molecule has 0 bridgehead atoms. The Bertz CT molecular complexity index is 1100. The lowest BCUT2D eigenvalue weighted by Gasteiger charge is -2.24. The van der Waals surface area contributed by atoms with Crippen LogP contribution in [0.4, 0.5) is 11.5 Å². The van der Waals surface area contributed by atoms with Gasteiger partial charge in [-0.2, -0.15) is 0 Å². The number of rotatable bonds is 4. The average Bonchev–Trinajstić information content (AvgIpc) is 3.12. The molecule has 152 valence electrons. The monoisotopic (exact) mass is 419 g/mol. The Morgan fingerprint density at radius 3 is 2.73 bits per heavy atom. The molecule has 1 amide bonds. The molecule has 6 nitrogen and oxygen atoms in total. The number of aromatic nitrogens is 2. The second kappa shape index (κ2) is 8.05. The Morgan fingerprint density at radius 2 is 1.90 bits per heavy atom. The third-order valence-corrected chi connectivity index (χ3v) is 6.01. The van der Waals surface area contributed by atoms with Crippen molar-refractivity contribution in [1.29, 1.82) is 0 Å². The summed E-state index contributed by atoms with van der Waals surface area (Å²) >= 11 is 6.27. The van der Waals surface area contributed by atoms with Crippen molar-refractivity contribution < 1.29 is 4.79 Å². The van der Waals surface area contributed by atoms with Crippen molar-refractivity contribution in [3.63, 3.8) is 0 Å². The Hall–Kier alpha value is -2.96.